The maximum absolute atomic E-state index is 8.87. The van der Waals surface area contributed by atoms with Crippen LogP contribution in [-0.4, -0.2) is 23.2 Å². The van der Waals surface area contributed by atoms with Gasteiger partial charge in [0, 0.05) is 13.2 Å². The third-order valence-electron chi connectivity index (χ3n) is 2.64. The Bertz CT molecular complexity index is 328. The van der Waals surface area contributed by atoms with Crippen molar-refractivity contribution in [2.75, 3.05) is 24.2 Å². The third-order valence-corrected chi connectivity index (χ3v) is 2.64. The molecule has 0 radical (unpaired) electrons. The molecule has 0 aromatic carbocycles. The quantitative estimate of drug-likeness (QED) is 0.643. The molecule has 0 amide bonds. The number of aryl methyl sites for hydroxylation is 1. The molecule has 0 aliphatic carbocycles. The lowest BCUT2D eigenvalue weighted by molar-refractivity contribution is 0.229. The van der Waals surface area contributed by atoms with Gasteiger partial charge in [-0.1, -0.05) is 6.92 Å². The van der Waals surface area contributed by atoms with E-state index in [1.807, 2.05) is 19.9 Å². The summed E-state index contributed by atoms with van der Waals surface area (Å²) in [6.45, 7) is 5.15. The Kier molecular flexibility index (Phi) is 5.05. The Labute approximate surface area is 96.9 Å². The summed E-state index contributed by atoms with van der Waals surface area (Å²) in [5.74, 6) is 1.24. The zero-order valence-electron chi connectivity index (χ0n) is 10.0. The van der Waals surface area contributed by atoms with Crippen LogP contribution in [0.2, 0.25) is 0 Å². The lowest BCUT2D eigenvalue weighted by Gasteiger charge is -2.09. The van der Waals surface area contributed by atoms with Gasteiger partial charge in [0.2, 0.25) is 0 Å². The van der Waals surface area contributed by atoms with Crippen molar-refractivity contribution in [3.05, 3.63) is 17.8 Å². The van der Waals surface area contributed by atoms with E-state index in [9.17, 15) is 0 Å². The maximum atomic E-state index is 8.87. The summed E-state index contributed by atoms with van der Waals surface area (Å²) in [4.78, 5) is 4.19. The molecule has 0 bridgehead atoms. The second kappa shape index (κ2) is 6.33. The summed E-state index contributed by atoms with van der Waals surface area (Å²) < 4.78 is 0. The number of rotatable bonds is 6. The van der Waals surface area contributed by atoms with Gasteiger partial charge in [-0.3, -0.25) is 0 Å². The van der Waals surface area contributed by atoms with Crippen LogP contribution in [0.1, 0.15) is 25.3 Å². The van der Waals surface area contributed by atoms with Crippen LogP contribution >= 0.6 is 0 Å². The highest BCUT2D eigenvalue weighted by Gasteiger charge is 2.00. The molecule has 0 aliphatic heterocycles. The lowest BCUT2D eigenvalue weighted by atomic mass is 10.1. The highest BCUT2D eigenvalue weighted by molar-refractivity contribution is 5.50. The Morgan fingerprint density at radius 3 is 2.94 bits per heavy atom. The minimum Gasteiger partial charge on any atom is -0.397 e. The number of nitrogen functional groups attached to an aromatic ring is 1. The van der Waals surface area contributed by atoms with Crippen LogP contribution in [0.25, 0.3) is 0 Å². The van der Waals surface area contributed by atoms with Crippen molar-refractivity contribution in [2.45, 2.75) is 26.7 Å². The summed E-state index contributed by atoms with van der Waals surface area (Å²) in [5.41, 5.74) is 7.45. The van der Waals surface area contributed by atoms with Crippen LogP contribution in [0.15, 0.2) is 12.3 Å². The number of hydrogen-bond donors (Lipinski definition) is 3. The molecule has 1 heterocycles. The van der Waals surface area contributed by atoms with E-state index < -0.39 is 0 Å². The minimum atomic E-state index is 0.263. The summed E-state index contributed by atoms with van der Waals surface area (Å²) in [5, 5.41) is 12.1. The molecule has 4 heteroatoms. The van der Waals surface area contributed by atoms with Gasteiger partial charge in [0.1, 0.15) is 5.82 Å². The van der Waals surface area contributed by atoms with Gasteiger partial charge in [-0.05, 0) is 37.3 Å². The number of aliphatic hydroxyl groups excluding tert-OH is 1. The molecule has 4 nitrogen and oxygen atoms in total. The van der Waals surface area contributed by atoms with Crippen LogP contribution in [0.4, 0.5) is 11.5 Å². The van der Waals surface area contributed by atoms with Crippen molar-refractivity contribution in [3.63, 3.8) is 0 Å². The van der Waals surface area contributed by atoms with E-state index in [4.69, 9.17) is 10.8 Å². The molecule has 1 aromatic rings. The van der Waals surface area contributed by atoms with Crippen LogP contribution in [-0.2, 0) is 0 Å². The van der Waals surface area contributed by atoms with Gasteiger partial charge in [0.15, 0.2) is 0 Å². The van der Waals surface area contributed by atoms with E-state index in [-0.39, 0.29) is 6.61 Å². The molecule has 0 aliphatic rings. The predicted octanol–water partition coefficient (Wildman–Crippen LogP) is 1.79. The van der Waals surface area contributed by atoms with Gasteiger partial charge in [-0.25, -0.2) is 4.98 Å². The van der Waals surface area contributed by atoms with Crippen molar-refractivity contribution < 1.29 is 5.11 Å². The Morgan fingerprint density at radius 2 is 2.31 bits per heavy atom. The van der Waals surface area contributed by atoms with Crippen LogP contribution in [0.5, 0.6) is 0 Å². The molecule has 1 atom stereocenters. The summed E-state index contributed by atoms with van der Waals surface area (Å²) in [6.07, 6.45) is 3.73. The molecule has 16 heavy (non-hydrogen) atoms. The fourth-order valence-corrected chi connectivity index (χ4v) is 1.42. The second-order valence-corrected chi connectivity index (χ2v) is 4.28. The van der Waals surface area contributed by atoms with Crippen molar-refractivity contribution in [1.82, 2.24) is 4.98 Å². The smallest absolute Gasteiger partial charge is 0.126 e. The van der Waals surface area contributed by atoms with E-state index in [1.54, 1.807) is 6.20 Å². The number of nitrogens with zero attached hydrogens (tertiary/aromatic N) is 1. The molecule has 1 rings (SSSR count). The number of hydrogen-bond acceptors (Lipinski definition) is 4. The standard InChI is InChI=1S/C12H21N3O/c1-9(8-16)4-3-5-14-12-6-10(2)11(13)7-15-12/h6-7,9,16H,3-5,8,13H2,1-2H3,(H,14,15). The first kappa shape index (κ1) is 12.8. The van der Waals surface area contributed by atoms with E-state index >= 15 is 0 Å². The van der Waals surface area contributed by atoms with E-state index in [0.717, 1.165) is 36.5 Å². The molecule has 0 fully saturated rings. The van der Waals surface area contributed by atoms with Gasteiger partial charge in [0.25, 0.3) is 0 Å². The summed E-state index contributed by atoms with van der Waals surface area (Å²) >= 11 is 0. The monoisotopic (exact) mass is 223 g/mol. The van der Waals surface area contributed by atoms with Gasteiger partial charge in [-0.2, -0.15) is 0 Å². The van der Waals surface area contributed by atoms with Crippen molar-refractivity contribution in [3.8, 4) is 0 Å². The number of pyridine rings is 1. The Balaban J connectivity index is 2.29. The summed E-state index contributed by atoms with van der Waals surface area (Å²) in [6, 6.07) is 1.95. The molecule has 90 valence electrons. The van der Waals surface area contributed by atoms with Crippen molar-refractivity contribution >= 4 is 11.5 Å². The first-order valence-electron chi connectivity index (χ1n) is 5.70. The number of nitrogens with two attached hydrogens (primary N) is 1. The van der Waals surface area contributed by atoms with Gasteiger partial charge in [0.05, 0.1) is 11.9 Å². The maximum Gasteiger partial charge on any atom is 0.126 e. The Hall–Kier alpha value is -1.29. The fraction of sp³-hybridized carbons (Fsp3) is 0.583. The van der Waals surface area contributed by atoms with Gasteiger partial charge >= 0.3 is 0 Å². The minimum absolute atomic E-state index is 0.263. The first-order chi connectivity index (χ1) is 7.63. The highest BCUT2D eigenvalue weighted by atomic mass is 16.3. The molecule has 0 saturated carbocycles. The Morgan fingerprint density at radius 1 is 1.56 bits per heavy atom. The van der Waals surface area contributed by atoms with Crippen molar-refractivity contribution in [2.24, 2.45) is 5.92 Å². The van der Waals surface area contributed by atoms with Crippen LogP contribution in [0.3, 0.4) is 0 Å². The molecule has 0 saturated heterocycles. The SMILES string of the molecule is Cc1cc(NCCCC(C)CO)ncc1N. The summed E-state index contributed by atoms with van der Waals surface area (Å²) in [7, 11) is 0. The molecule has 0 spiro atoms. The van der Waals surface area contributed by atoms with Crippen LogP contribution < -0.4 is 11.1 Å². The predicted molar refractivity (Wildman–Crippen MR) is 67.4 cm³/mol. The molecule has 1 unspecified atom stereocenters. The second-order valence-electron chi connectivity index (χ2n) is 4.28. The topological polar surface area (TPSA) is 71.2 Å². The number of aliphatic hydroxyl groups is 1. The molecular weight excluding hydrogens is 202 g/mol. The third kappa shape index (κ3) is 4.06. The fourth-order valence-electron chi connectivity index (χ4n) is 1.42. The highest BCUT2D eigenvalue weighted by Crippen LogP contribution is 2.13. The van der Waals surface area contributed by atoms with E-state index in [0.29, 0.717) is 5.92 Å². The molecule has 1 aromatic heterocycles. The van der Waals surface area contributed by atoms with Crippen molar-refractivity contribution in [1.29, 1.82) is 0 Å². The normalized spacial score (nSPS) is 12.4. The zero-order chi connectivity index (χ0) is 12.0. The first-order valence-corrected chi connectivity index (χ1v) is 5.70. The average Bonchev–Trinajstić information content (AvgIpc) is 2.28. The molecule has 4 N–H and O–H groups in total. The molecular formula is C12H21N3O. The van der Waals surface area contributed by atoms with Crippen LogP contribution in [0, 0.1) is 12.8 Å². The van der Waals surface area contributed by atoms with E-state index in [1.165, 1.54) is 0 Å². The van der Waals surface area contributed by atoms with Gasteiger partial charge < -0.3 is 16.2 Å². The lowest BCUT2D eigenvalue weighted by Crippen LogP contribution is -2.07. The number of nitrogens with one attached hydrogen (secondary N) is 1. The van der Waals surface area contributed by atoms with E-state index in [2.05, 4.69) is 10.3 Å². The van der Waals surface area contributed by atoms with Gasteiger partial charge in [-0.15, -0.1) is 0 Å². The number of anilines is 2. The average molecular weight is 223 g/mol. The largest absolute Gasteiger partial charge is 0.397 e. The zero-order valence-corrected chi connectivity index (χ0v) is 10.0. The number of aromatic nitrogens is 1.